The molecule has 2 unspecified atom stereocenters. The predicted molar refractivity (Wildman–Crippen MR) is 70.8 cm³/mol. The molecule has 17 heavy (non-hydrogen) atoms. The lowest BCUT2D eigenvalue weighted by atomic mass is 10.1. The number of thiocarbonyl (C=S) groups is 1. The molecule has 92 valence electrons. The van der Waals surface area contributed by atoms with Crippen LogP contribution in [-0.4, -0.2) is 39.7 Å². The number of para-hydroxylation sites is 1. The van der Waals surface area contributed by atoms with E-state index in [2.05, 4.69) is 0 Å². The van der Waals surface area contributed by atoms with Crippen molar-refractivity contribution in [1.82, 2.24) is 4.90 Å². The van der Waals surface area contributed by atoms with Gasteiger partial charge in [0.1, 0.15) is 0 Å². The molecule has 0 spiro atoms. The number of anilines is 1. The summed E-state index contributed by atoms with van der Waals surface area (Å²) >= 11 is 5.25. The molecular weight excluding hydrogens is 236 g/mol. The van der Waals surface area contributed by atoms with Crippen LogP contribution in [0.15, 0.2) is 18.2 Å². The third kappa shape index (κ3) is 1.80. The standard InChI is InChI=1S/C12H16N2O2S/c1-7-5-4-6-8(2)9(7)14-11(16)10(15)13(3)12(14)17/h4-6,10-11,15-16H,1-3H3. The number of hydrogen-bond donors (Lipinski definition) is 2. The number of benzene rings is 1. The van der Waals surface area contributed by atoms with Crippen molar-refractivity contribution < 1.29 is 10.2 Å². The quantitative estimate of drug-likeness (QED) is 0.730. The minimum atomic E-state index is -1.02. The molecule has 1 aromatic carbocycles. The summed E-state index contributed by atoms with van der Waals surface area (Å²) < 4.78 is 0. The van der Waals surface area contributed by atoms with E-state index >= 15 is 0 Å². The monoisotopic (exact) mass is 252 g/mol. The van der Waals surface area contributed by atoms with Gasteiger partial charge in [0.05, 0.1) is 5.69 Å². The van der Waals surface area contributed by atoms with Crippen molar-refractivity contribution in [2.75, 3.05) is 11.9 Å². The minimum Gasteiger partial charge on any atom is -0.369 e. The normalized spacial score (nSPS) is 24.6. The van der Waals surface area contributed by atoms with Gasteiger partial charge in [0.15, 0.2) is 17.6 Å². The molecule has 1 heterocycles. The summed E-state index contributed by atoms with van der Waals surface area (Å²) in [4.78, 5) is 3.09. The molecule has 2 rings (SSSR count). The third-order valence-electron chi connectivity index (χ3n) is 3.12. The zero-order valence-electron chi connectivity index (χ0n) is 10.1. The van der Waals surface area contributed by atoms with Crippen LogP contribution >= 0.6 is 12.2 Å². The first-order valence-electron chi connectivity index (χ1n) is 5.43. The molecule has 1 aromatic rings. The Morgan fingerprint density at radius 2 is 1.65 bits per heavy atom. The molecule has 2 N–H and O–H groups in total. The van der Waals surface area contributed by atoms with Gasteiger partial charge in [-0.3, -0.25) is 4.90 Å². The van der Waals surface area contributed by atoms with E-state index in [1.807, 2.05) is 32.0 Å². The van der Waals surface area contributed by atoms with Crippen LogP contribution in [0.3, 0.4) is 0 Å². The summed E-state index contributed by atoms with van der Waals surface area (Å²) in [7, 11) is 1.67. The first kappa shape index (κ1) is 12.3. The lowest BCUT2D eigenvalue weighted by Crippen LogP contribution is -2.37. The first-order valence-corrected chi connectivity index (χ1v) is 5.84. The summed E-state index contributed by atoms with van der Waals surface area (Å²) in [6, 6.07) is 5.88. The smallest absolute Gasteiger partial charge is 0.180 e. The first-order chi connectivity index (χ1) is 7.95. The van der Waals surface area contributed by atoms with Crippen LogP contribution in [0.2, 0.25) is 0 Å². The lowest BCUT2D eigenvalue weighted by molar-refractivity contribution is -0.0155. The Morgan fingerprint density at radius 1 is 1.12 bits per heavy atom. The van der Waals surface area contributed by atoms with Gasteiger partial charge in [-0.2, -0.15) is 0 Å². The van der Waals surface area contributed by atoms with E-state index in [1.165, 1.54) is 4.90 Å². The van der Waals surface area contributed by atoms with Gasteiger partial charge in [-0.05, 0) is 37.2 Å². The Bertz CT molecular complexity index is 444. The van der Waals surface area contributed by atoms with Crippen LogP contribution in [0.4, 0.5) is 5.69 Å². The highest BCUT2D eigenvalue weighted by atomic mass is 32.1. The van der Waals surface area contributed by atoms with Crippen LogP contribution in [0.1, 0.15) is 11.1 Å². The van der Waals surface area contributed by atoms with Gasteiger partial charge in [-0.15, -0.1) is 0 Å². The third-order valence-corrected chi connectivity index (χ3v) is 3.60. The molecule has 0 saturated carbocycles. The molecule has 5 heteroatoms. The number of hydrogen-bond acceptors (Lipinski definition) is 3. The Kier molecular flexibility index (Phi) is 3.07. The van der Waals surface area contributed by atoms with Gasteiger partial charge in [0.25, 0.3) is 0 Å². The molecule has 0 amide bonds. The second-order valence-corrected chi connectivity index (χ2v) is 4.70. The van der Waals surface area contributed by atoms with Gasteiger partial charge in [-0.1, -0.05) is 18.2 Å². The van der Waals surface area contributed by atoms with Crippen LogP contribution in [-0.2, 0) is 0 Å². The summed E-state index contributed by atoms with van der Waals surface area (Å²) in [6.07, 6.45) is -2.01. The lowest BCUT2D eigenvalue weighted by Gasteiger charge is -2.25. The van der Waals surface area contributed by atoms with Crippen LogP contribution < -0.4 is 4.90 Å². The zero-order valence-corrected chi connectivity index (χ0v) is 10.9. The highest BCUT2D eigenvalue weighted by Gasteiger charge is 2.40. The van der Waals surface area contributed by atoms with E-state index in [-0.39, 0.29) is 0 Å². The van der Waals surface area contributed by atoms with Crippen molar-refractivity contribution in [3.05, 3.63) is 29.3 Å². The van der Waals surface area contributed by atoms with E-state index in [4.69, 9.17) is 12.2 Å². The van der Waals surface area contributed by atoms with Gasteiger partial charge < -0.3 is 15.1 Å². The van der Waals surface area contributed by atoms with Crippen molar-refractivity contribution in [3.8, 4) is 0 Å². The van der Waals surface area contributed by atoms with Crippen molar-refractivity contribution >= 4 is 23.0 Å². The summed E-state index contributed by atoms with van der Waals surface area (Å²) in [5.74, 6) is 0. The molecule has 0 aromatic heterocycles. The molecule has 1 saturated heterocycles. The number of likely N-dealkylation sites (N-methyl/N-ethyl adjacent to an activating group) is 1. The van der Waals surface area contributed by atoms with Gasteiger partial charge >= 0.3 is 0 Å². The van der Waals surface area contributed by atoms with E-state index in [9.17, 15) is 10.2 Å². The Hall–Kier alpha value is -1.17. The minimum absolute atomic E-state index is 0.433. The Morgan fingerprint density at radius 3 is 2.06 bits per heavy atom. The van der Waals surface area contributed by atoms with Gasteiger partial charge in [-0.25, -0.2) is 0 Å². The van der Waals surface area contributed by atoms with Crippen LogP contribution in [0, 0.1) is 13.8 Å². The molecule has 2 atom stereocenters. The van der Waals surface area contributed by atoms with Crippen molar-refractivity contribution in [1.29, 1.82) is 0 Å². The molecule has 1 aliphatic rings. The van der Waals surface area contributed by atoms with Gasteiger partial charge in [0.2, 0.25) is 0 Å². The second-order valence-electron chi connectivity index (χ2n) is 4.33. The topological polar surface area (TPSA) is 46.9 Å². The maximum atomic E-state index is 10.0. The summed E-state index contributed by atoms with van der Waals surface area (Å²) in [5, 5.41) is 20.3. The summed E-state index contributed by atoms with van der Waals surface area (Å²) in [5.41, 5.74) is 2.91. The van der Waals surface area contributed by atoms with Gasteiger partial charge in [0, 0.05) is 7.05 Å². The van der Waals surface area contributed by atoms with E-state index in [1.54, 1.807) is 11.9 Å². The van der Waals surface area contributed by atoms with Crippen LogP contribution in [0.5, 0.6) is 0 Å². The molecule has 0 radical (unpaired) electrons. The number of rotatable bonds is 1. The molecule has 0 bridgehead atoms. The Labute approximate surface area is 106 Å². The second kappa shape index (κ2) is 4.25. The molecule has 0 aliphatic carbocycles. The van der Waals surface area contributed by atoms with Crippen molar-refractivity contribution in [2.24, 2.45) is 0 Å². The van der Waals surface area contributed by atoms with E-state index in [0.29, 0.717) is 5.11 Å². The number of nitrogens with zero attached hydrogens (tertiary/aromatic N) is 2. The fraction of sp³-hybridized carbons (Fsp3) is 0.417. The van der Waals surface area contributed by atoms with Crippen molar-refractivity contribution in [3.63, 3.8) is 0 Å². The van der Waals surface area contributed by atoms with E-state index in [0.717, 1.165) is 16.8 Å². The number of aliphatic hydroxyl groups is 2. The average Bonchev–Trinajstić information content (AvgIpc) is 2.46. The fourth-order valence-corrected chi connectivity index (χ4v) is 2.45. The molecule has 4 nitrogen and oxygen atoms in total. The largest absolute Gasteiger partial charge is 0.369 e. The Balaban J connectivity index is 2.51. The number of aliphatic hydroxyl groups excluding tert-OH is 2. The molecular formula is C12H16N2O2S. The van der Waals surface area contributed by atoms with E-state index < -0.39 is 12.5 Å². The zero-order chi connectivity index (χ0) is 12.7. The highest BCUT2D eigenvalue weighted by molar-refractivity contribution is 7.80. The van der Waals surface area contributed by atoms with Crippen LogP contribution in [0.25, 0.3) is 0 Å². The highest BCUT2D eigenvalue weighted by Crippen LogP contribution is 2.31. The predicted octanol–water partition coefficient (Wildman–Crippen LogP) is 0.977. The average molecular weight is 252 g/mol. The SMILES string of the molecule is Cc1cccc(C)c1N1C(=S)N(C)C(O)C1O. The molecule has 1 aliphatic heterocycles. The fourth-order valence-electron chi connectivity index (χ4n) is 2.14. The molecule has 1 fully saturated rings. The number of aryl methyl sites for hydroxylation is 2. The summed E-state index contributed by atoms with van der Waals surface area (Å²) in [6.45, 7) is 3.92. The maximum absolute atomic E-state index is 10.0. The van der Waals surface area contributed by atoms with Crippen molar-refractivity contribution in [2.45, 2.75) is 26.3 Å². The maximum Gasteiger partial charge on any atom is 0.180 e.